The first-order valence-electron chi connectivity index (χ1n) is 9.26. The van der Waals surface area contributed by atoms with Crippen LogP contribution in [0.4, 0.5) is 0 Å². The molecule has 1 saturated heterocycles. The molecule has 136 valence electrons. The normalized spacial score (nSPS) is 30.0. The lowest BCUT2D eigenvalue weighted by molar-refractivity contribution is 0.0304. The van der Waals surface area contributed by atoms with Crippen molar-refractivity contribution in [2.45, 2.75) is 31.4 Å². The van der Waals surface area contributed by atoms with Gasteiger partial charge in [-0.15, -0.1) is 0 Å². The van der Waals surface area contributed by atoms with E-state index >= 15 is 0 Å². The van der Waals surface area contributed by atoms with Gasteiger partial charge in [-0.2, -0.15) is 5.10 Å². The number of amides is 1. The first kappa shape index (κ1) is 15.8. The maximum atomic E-state index is 13.0. The fraction of sp³-hybridized carbons (Fsp3) is 0.526. The largest absolute Gasteiger partial charge is 0.493 e. The van der Waals surface area contributed by atoms with Crippen LogP contribution in [0.25, 0.3) is 0 Å². The summed E-state index contributed by atoms with van der Waals surface area (Å²) in [6.07, 6.45) is 5.13. The zero-order valence-corrected chi connectivity index (χ0v) is 14.5. The smallest absolute Gasteiger partial charge is 0.253 e. The zero-order valence-electron chi connectivity index (χ0n) is 14.5. The number of nitrogens with zero attached hydrogens (tertiary/aromatic N) is 4. The van der Waals surface area contributed by atoms with E-state index < -0.39 is 6.10 Å². The van der Waals surface area contributed by atoms with Crippen LogP contribution in [0.15, 0.2) is 30.9 Å². The minimum absolute atomic E-state index is 0.0501. The number of aromatic nitrogens is 3. The van der Waals surface area contributed by atoms with Gasteiger partial charge in [0, 0.05) is 25.1 Å². The van der Waals surface area contributed by atoms with E-state index in [1.54, 1.807) is 11.0 Å². The first-order valence-corrected chi connectivity index (χ1v) is 9.26. The van der Waals surface area contributed by atoms with E-state index in [9.17, 15) is 9.90 Å². The minimum atomic E-state index is -0.440. The number of hydrogen-bond acceptors (Lipinski definition) is 5. The topological polar surface area (TPSA) is 80.5 Å². The van der Waals surface area contributed by atoms with Crippen LogP contribution in [0.5, 0.6) is 5.75 Å². The average Bonchev–Trinajstić information content (AvgIpc) is 3.38. The highest BCUT2D eigenvalue weighted by atomic mass is 16.5. The summed E-state index contributed by atoms with van der Waals surface area (Å²) in [6.45, 7) is 2.16. The fourth-order valence-electron chi connectivity index (χ4n) is 4.75. The molecular formula is C19H22N4O3. The monoisotopic (exact) mass is 354 g/mol. The van der Waals surface area contributed by atoms with Crippen LogP contribution in [-0.4, -0.2) is 56.5 Å². The Bertz CT molecular complexity index is 822. The summed E-state index contributed by atoms with van der Waals surface area (Å²) >= 11 is 0. The number of fused-ring (bicyclic) bond motifs is 2. The molecular weight excluding hydrogens is 332 g/mol. The lowest BCUT2D eigenvalue weighted by atomic mass is 9.77. The number of aliphatic hydroxyl groups excluding tert-OH is 1. The fourth-order valence-corrected chi connectivity index (χ4v) is 4.75. The van der Waals surface area contributed by atoms with E-state index in [1.807, 2.05) is 23.1 Å². The second kappa shape index (κ2) is 6.09. The summed E-state index contributed by atoms with van der Waals surface area (Å²) in [6, 6.07) is 5.69. The van der Waals surface area contributed by atoms with E-state index in [1.165, 1.54) is 6.33 Å². The van der Waals surface area contributed by atoms with Gasteiger partial charge >= 0.3 is 0 Å². The molecule has 1 N–H and O–H groups in total. The van der Waals surface area contributed by atoms with Crippen molar-refractivity contribution in [1.29, 1.82) is 0 Å². The number of likely N-dealkylation sites (tertiary alicyclic amines) is 1. The minimum Gasteiger partial charge on any atom is -0.493 e. The van der Waals surface area contributed by atoms with E-state index in [2.05, 4.69) is 10.1 Å². The van der Waals surface area contributed by atoms with Gasteiger partial charge in [-0.05, 0) is 48.4 Å². The van der Waals surface area contributed by atoms with Crippen molar-refractivity contribution < 1.29 is 14.6 Å². The predicted octanol–water partition coefficient (Wildman–Crippen LogP) is 1.30. The molecule has 3 aliphatic rings. The number of benzene rings is 1. The third-order valence-electron chi connectivity index (χ3n) is 6.11. The van der Waals surface area contributed by atoms with Gasteiger partial charge in [0.2, 0.25) is 0 Å². The summed E-state index contributed by atoms with van der Waals surface area (Å²) in [5.74, 6) is 1.73. The Morgan fingerprint density at radius 3 is 2.88 bits per heavy atom. The third-order valence-corrected chi connectivity index (χ3v) is 6.11. The molecule has 5 rings (SSSR count). The molecule has 1 aromatic carbocycles. The van der Waals surface area contributed by atoms with Gasteiger partial charge in [0.15, 0.2) is 0 Å². The van der Waals surface area contributed by atoms with Gasteiger partial charge < -0.3 is 14.7 Å². The van der Waals surface area contributed by atoms with Crippen LogP contribution >= 0.6 is 0 Å². The molecule has 7 heteroatoms. The van der Waals surface area contributed by atoms with Crippen molar-refractivity contribution in [1.82, 2.24) is 19.7 Å². The molecule has 4 atom stereocenters. The molecule has 2 aromatic rings. The Morgan fingerprint density at radius 1 is 1.23 bits per heavy atom. The molecule has 7 nitrogen and oxygen atoms in total. The SMILES string of the molecule is O=C(c1ccc2c(c1)CCO2)N1C[C@H]2C[C@@H](n3cncn3)[C@H](O)C[C@H]2C1. The molecule has 0 spiro atoms. The molecule has 26 heavy (non-hydrogen) atoms. The number of rotatable bonds is 2. The Morgan fingerprint density at radius 2 is 2.08 bits per heavy atom. The average molecular weight is 354 g/mol. The van der Waals surface area contributed by atoms with Gasteiger partial charge in [-0.1, -0.05) is 0 Å². The summed E-state index contributed by atoms with van der Waals surface area (Å²) in [5, 5.41) is 14.7. The lowest BCUT2D eigenvalue weighted by Gasteiger charge is -2.34. The lowest BCUT2D eigenvalue weighted by Crippen LogP contribution is -2.36. The van der Waals surface area contributed by atoms with Crippen molar-refractivity contribution in [2.24, 2.45) is 11.8 Å². The molecule has 0 unspecified atom stereocenters. The molecule has 1 amide bonds. The molecule has 0 bridgehead atoms. The number of carbonyl (C=O) groups is 1. The van der Waals surface area contributed by atoms with Crippen LogP contribution < -0.4 is 4.74 Å². The van der Waals surface area contributed by atoms with Crippen LogP contribution in [-0.2, 0) is 6.42 Å². The highest BCUT2D eigenvalue weighted by Crippen LogP contribution is 2.41. The van der Waals surface area contributed by atoms with Crippen LogP contribution in [0.1, 0.15) is 34.8 Å². The number of ether oxygens (including phenoxy) is 1. The van der Waals surface area contributed by atoms with E-state index in [0.29, 0.717) is 24.9 Å². The number of hydrogen-bond donors (Lipinski definition) is 1. The molecule has 1 saturated carbocycles. The third kappa shape index (κ3) is 2.58. The zero-order chi connectivity index (χ0) is 17.7. The molecule has 2 fully saturated rings. The van der Waals surface area contributed by atoms with Crippen LogP contribution in [0.3, 0.4) is 0 Å². The predicted molar refractivity (Wildman–Crippen MR) is 92.8 cm³/mol. The number of carbonyl (C=O) groups excluding carboxylic acids is 1. The maximum Gasteiger partial charge on any atom is 0.253 e. The van der Waals surface area contributed by atoms with E-state index in [4.69, 9.17) is 4.74 Å². The maximum absolute atomic E-state index is 13.0. The second-order valence-corrected chi connectivity index (χ2v) is 7.63. The molecule has 3 heterocycles. The van der Waals surface area contributed by atoms with Crippen molar-refractivity contribution in [3.63, 3.8) is 0 Å². The van der Waals surface area contributed by atoms with Crippen molar-refractivity contribution in [2.75, 3.05) is 19.7 Å². The summed E-state index contributed by atoms with van der Waals surface area (Å²) in [5.41, 5.74) is 1.86. The Labute approximate surface area is 151 Å². The van der Waals surface area contributed by atoms with Crippen molar-refractivity contribution >= 4 is 5.91 Å². The van der Waals surface area contributed by atoms with Gasteiger partial charge in [0.25, 0.3) is 5.91 Å². The van der Waals surface area contributed by atoms with E-state index in [-0.39, 0.29) is 11.9 Å². The second-order valence-electron chi connectivity index (χ2n) is 7.63. The van der Waals surface area contributed by atoms with Gasteiger partial charge in [0.05, 0.1) is 18.8 Å². The van der Waals surface area contributed by atoms with Crippen LogP contribution in [0, 0.1) is 11.8 Å². The molecule has 2 aliphatic heterocycles. The van der Waals surface area contributed by atoms with Crippen molar-refractivity contribution in [3.8, 4) is 5.75 Å². The van der Waals surface area contributed by atoms with Crippen molar-refractivity contribution in [3.05, 3.63) is 42.0 Å². The highest BCUT2D eigenvalue weighted by molar-refractivity contribution is 5.95. The molecule has 0 radical (unpaired) electrons. The Balaban J connectivity index is 1.32. The van der Waals surface area contributed by atoms with Gasteiger partial charge in [-0.25, -0.2) is 9.67 Å². The Kier molecular flexibility index (Phi) is 3.70. The first-order chi connectivity index (χ1) is 12.7. The van der Waals surface area contributed by atoms with Gasteiger partial charge in [-0.3, -0.25) is 4.79 Å². The highest BCUT2D eigenvalue weighted by Gasteiger charge is 2.44. The van der Waals surface area contributed by atoms with E-state index in [0.717, 1.165) is 42.8 Å². The van der Waals surface area contributed by atoms with Gasteiger partial charge in [0.1, 0.15) is 18.4 Å². The summed E-state index contributed by atoms with van der Waals surface area (Å²) < 4.78 is 7.28. The van der Waals surface area contributed by atoms with Crippen LogP contribution in [0.2, 0.25) is 0 Å². The summed E-state index contributed by atoms with van der Waals surface area (Å²) in [7, 11) is 0. The Hall–Kier alpha value is -2.41. The number of aliphatic hydroxyl groups is 1. The summed E-state index contributed by atoms with van der Waals surface area (Å²) in [4.78, 5) is 18.9. The standard InChI is InChI=1S/C19H22N4O3/c24-17-7-15-9-22(8-14(15)6-16(17)23-11-20-10-21-23)19(25)13-1-2-18-12(5-13)3-4-26-18/h1-2,5,10-11,14-17,24H,3-4,6-9H2/t14-,15+,16-,17-/m1/s1. The quantitative estimate of drug-likeness (QED) is 0.879. The molecule has 1 aliphatic carbocycles. The molecule has 1 aromatic heterocycles.